The SMILES string of the molecule is Nc1c2c(-c3ccccc3Cl)nc(NCC3CCCO3)nc2nn1-c1ccc(F)cc1. The molecule has 1 atom stereocenters. The molecule has 1 aliphatic heterocycles. The number of rotatable bonds is 5. The number of nitrogens with one attached hydrogen (secondary N) is 1. The molecule has 0 radical (unpaired) electrons. The highest BCUT2D eigenvalue weighted by atomic mass is 35.5. The third-order valence-corrected chi connectivity index (χ3v) is 5.61. The average Bonchev–Trinajstić information content (AvgIpc) is 3.41. The minimum absolute atomic E-state index is 0.130. The topological polar surface area (TPSA) is 90.9 Å². The van der Waals surface area contributed by atoms with E-state index >= 15 is 0 Å². The molecule has 31 heavy (non-hydrogen) atoms. The first-order valence-electron chi connectivity index (χ1n) is 10.0. The number of benzene rings is 2. The van der Waals surface area contributed by atoms with Crippen LogP contribution in [0.3, 0.4) is 0 Å². The van der Waals surface area contributed by atoms with Crippen LogP contribution in [-0.2, 0) is 4.74 Å². The summed E-state index contributed by atoms with van der Waals surface area (Å²) in [4.78, 5) is 9.29. The summed E-state index contributed by atoms with van der Waals surface area (Å²) in [6.45, 7) is 1.37. The molecular formula is C22H20ClFN6O. The van der Waals surface area contributed by atoms with E-state index in [4.69, 9.17) is 27.1 Å². The van der Waals surface area contributed by atoms with Crippen LogP contribution >= 0.6 is 11.6 Å². The molecule has 2 aromatic carbocycles. The molecule has 158 valence electrons. The molecule has 1 unspecified atom stereocenters. The van der Waals surface area contributed by atoms with Gasteiger partial charge in [0.15, 0.2) is 5.65 Å². The Balaban J connectivity index is 1.65. The molecule has 3 heterocycles. The molecule has 0 aliphatic carbocycles. The molecule has 2 aromatic heterocycles. The lowest BCUT2D eigenvalue weighted by Crippen LogP contribution is -2.19. The molecule has 1 fully saturated rings. The molecule has 3 N–H and O–H groups in total. The fraction of sp³-hybridized carbons (Fsp3) is 0.227. The molecule has 1 saturated heterocycles. The summed E-state index contributed by atoms with van der Waals surface area (Å²) in [5.41, 5.74) is 8.81. The van der Waals surface area contributed by atoms with Gasteiger partial charge in [0.05, 0.1) is 22.9 Å². The van der Waals surface area contributed by atoms with E-state index in [1.807, 2.05) is 18.2 Å². The highest BCUT2D eigenvalue weighted by molar-refractivity contribution is 6.33. The van der Waals surface area contributed by atoms with Gasteiger partial charge in [0.2, 0.25) is 5.95 Å². The maximum Gasteiger partial charge on any atom is 0.225 e. The molecular weight excluding hydrogens is 419 g/mol. The summed E-state index contributed by atoms with van der Waals surface area (Å²) in [6.07, 6.45) is 2.18. The van der Waals surface area contributed by atoms with Crippen molar-refractivity contribution in [3.8, 4) is 16.9 Å². The van der Waals surface area contributed by atoms with E-state index in [9.17, 15) is 4.39 Å². The molecule has 7 nitrogen and oxygen atoms in total. The Bertz CT molecular complexity index is 1240. The first kappa shape index (κ1) is 19.7. The first-order chi connectivity index (χ1) is 15.1. The Labute approximate surface area is 183 Å². The van der Waals surface area contributed by atoms with Crippen molar-refractivity contribution in [2.75, 3.05) is 24.2 Å². The van der Waals surface area contributed by atoms with E-state index in [1.54, 1.807) is 18.2 Å². The van der Waals surface area contributed by atoms with E-state index in [-0.39, 0.29) is 11.9 Å². The van der Waals surface area contributed by atoms with E-state index in [0.29, 0.717) is 45.7 Å². The minimum atomic E-state index is -0.337. The van der Waals surface area contributed by atoms with Crippen molar-refractivity contribution < 1.29 is 9.13 Å². The highest BCUT2D eigenvalue weighted by Crippen LogP contribution is 2.36. The number of nitrogen functional groups attached to an aromatic ring is 1. The van der Waals surface area contributed by atoms with Crippen LogP contribution in [0.1, 0.15) is 12.8 Å². The second-order valence-corrected chi connectivity index (χ2v) is 7.77. The van der Waals surface area contributed by atoms with Gasteiger partial charge >= 0.3 is 0 Å². The van der Waals surface area contributed by atoms with Gasteiger partial charge < -0.3 is 15.8 Å². The van der Waals surface area contributed by atoms with Crippen LogP contribution in [0.2, 0.25) is 5.02 Å². The summed E-state index contributed by atoms with van der Waals surface area (Å²) in [7, 11) is 0. The van der Waals surface area contributed by atoms with Gasteiger partial charge in [-0.05, 0) is 43.2 Å². The zero-order valence-corrected chi connectivity index (χ0v) is 17.3. The minimum Gasteiger partial charge on any atom is -0.383 e. The van der Waals surface area contributed by atoms with E-state index in [2.05, 4.69) is 15.4 Å². The molecule has 0 saturated carbocycles. The molecule has 4 aromatic rings. The lowest BCUT2D eigenvalue weighted by molar-refractivity contribution is 0.120. The summed E-state index contributed by atoms with van der Waals surface area (Å²) < 4.78 is 20.6. The number of halogens is 2. The molecule has 0 spiro atoms. The molecule has 1 aliphatic rings. The highest BCUT2D eigenvalue weighted by Gasteiger charge is 2.21. The fourth-order valence-electron chi connectivity index (χ4n) is 3.73. The van der Waals surface area contributed by atoms with E-state index < -0.39 is 0 Å². The first-order valence-corrected chi connectivity index (χ1v) is 10.4. The number of nitrogens with zero attached hydrogens (tertiary/aromatic N) is 4. The van der Waals surface area contributed by atoms with Crippen LogP contribution in [0.5, 0.6) is 0 Å². The predicted molar refractivity (Wildman–Crippen MR) is 119 cm³/mol. The Morgan fingerprint density at radius 2 is 1.97 bits per heavy atom. The predicted octanol–water partition coefficient (Wildman–Crippen LogP) is 4.45. The standard InChI is InChI=1S/C22H20ClFN6O/c23-17-6-2-1-5-16(17)19-18-20(25)30(14-9-7-13(24)8-10-14)29-21(18)28-22(27-19)26-12-15-4-3-11-31-15/h1-2,5-10,15H,3-4,11-12,25H2,(H,26,28,29). The monoisotopic (exact) mass is 438 g/mol. The average molecular weight is 439 g/mol. The van der Waals surface area contributed by atoms with Crippen molar-refractivity contribution in [3.05, 3.63) is 59.4 Å². The normalized spacial score (nSPS) is 16.1. The van der Waals surface area contributed by atoms with Crippen molar-refractivity contribution in [2.24, 2.45) is 0 Å². The smallest absolute Gasteiger partial charge is 0.225 e. The second kappa shape index (κ2) is 8.13. The number of ether oxygens (including phenoxy) is 1. The van der Waals surface area contributed by atoms with Crippen molar-refractivity contribution in [2.45, 2.75) is 18.9 Å². The zero-order valence-electron chi connectivity index (χ0n) is 16.6. The number of anilines is 2. The van der Waals surface area contributed by atoms with Gasteiger partial charge in [-0.25, -0.2) is 14.1 Å². The van der Waals surface area contributed by atoms with Crippen molar-refractivity contribution in [3.63, 3.8) is 0 Å². The summed E-state index contributed by atoms with van der Waals surface area (Å²) in [6, 6.07) is 13.3. The van der Waals surface area contributed by atoms with Gasteiger partial charge in [-0.1, -0.05) is 29.8 Å². The maximum atomic E-state index is 13.4. The number of nitrogens with two attached hydrogens (primary N) is 1. The lowest BCUT2D eigenvalue weighted by atomic mass is 10.1. The number of fused-ring (bicyclic) bond motifs is 1. The Morgan fingerprint density at radius 1 is 1.16 bits per heavy atom. The largest absolute Gasteiger partial charge is 0.383 e. The lowest BCUT2D eigenvalue weighted by Gasteiger charge is -2.12. The van der Waals surface area contributed by atoms with Crippen molar-refractivity contribution in [1.29, 1.82) is 0 Å². The van der Waals surface area contributed by atoms with Crippen molar-refractivity contribution >= 4 is 34.4 Å². The van der Waals surface area contributed by atoms with E-state index in [1.165, 1.54) is 16.8 Å². The maximum absolute atomic E-state index is 13.4. The van der Waals surface area contributed by atoms with Crippen LogP contribution in [0.4, 0.5) is 16.2 Å². The van der Waals surface area contributed by atoms with Gasteiger partial charge in [0.25, 0.3) is 0 Å². The second-order valence-electron chi connectivity index (χ2n) is 7.36. The van der Waals surface area contributed by atoms with Crippen LogP contribution in [0.25, 0.3) is 28.0 Å². The zero-order chi connectivity index (χ0) is 21.4. The third kappa shape index (κ3) is 3.80. The number of aromatic nitrogens is 4. The van der Waals surface area contributed by atoms with Crippen LogP contribution in [0.15, 0.2) is 48.5 Å². The Hall–Kier alpha value is -3.23. The molecule has 0 bridgehead atoms. The molecule has 9 heteroatoms. The van der Waals surface area contributed by atoms with Gasteiger partial charge in [0, 0.05) is 23.7 Å². The Morgan fingerprint density at radius 3 is 2.71 bits per heavy atom. The van der Waals surface area contributed by atoms with Gasteiger partial charge in [-0.3, -0.25) is 0 Å². The fourth-order valence-corrected chi connectivity index (χ4v) is 3.95. The summed E-state index contributed by atoms with van der Waals surface area (Å²) >= 11 is 6.48. The van der Waals surface area contributed by atoms with Crippen LogP contribution < -0.4 is 11.1 Å². The van der Waals surface area contributed by atoms with Gasteiger partial charge in [-0.2, -0.15) is 4.98 Å². The summed E-state index contributed by atoms with van der Waals surface area (Å²) in [5.74, 6) is 0.431. The Kier molecular flexibility index (Phi) is 5.17. The number of hydrogen-bond donors (Lipinski definition) is 2. The summed E-state index contributed by atoms with van der Waals surface area (Å²) in [5, 5.41) is 8.95. The van der Waals surface area contributed by atoms with Gasteiger partial charge in [-0.15, -0.1) is 5.10 Å². The third-order valence-electron chi connectivity index (χ3n) is 5.28. The van der Waals surface area contributed by atoms with Crippen molar-refractivity contribution in [1.82, 2.24) is 19.7 Å². The van der Waals surface area contributed by atoms with Gasteiger partial charge in [0.1, 0.15) is 11.6 Å². The van der Waals surface area contributed by atoms with Crippen LogP contribution in [0, 0.1) is 5.82 Å². The quantitative estimate of drug-likeness (QED) is 0.478. The molecule has 0 amide bonds. The van der Waals surface area contributed by atoms with Crippen LogP contribution in [-0.4, -0.2) is 39.0 Å². The van der Waals surface area contributed by atoms with E-state index in [0.717, 1.165) is 25.0 Å². The number of hydrogen-bond acceptors (Lipinski definition) is 6. The molecule has 5 rings (SSSR count).